The molecule has 1 N–H and O–H groups in total. The highest BCUT2D eigenvalue weighted by Crippen LogP contribution is 2.36. The summed E-state index contributed by atoms with van der Waals surface area (Å²) in [5.74, 6) is 0.0916. The molecule has 0 aromatic heterocycles. The molecule has 1 aliphatic rings. The Morgan fingerprint density at radius 2 is 1.73 bits per heavy atom. The maximum atomic E-state index is 11.5. The van der Waals surface area contributed by atoms with E-state index in [0.717, 1.165) is 12.8 Å². The Labute approximate surface area is 103 Å². The summed E-state index contributed by atoms with van der Waals surface area (Å²) in [4.78, 5) is 11.5. The van der Waals surface area contributed by atoms with Crippen molar-refractivity contribution >= 4 is 46.4 Å². The van der Waals surface area contributed by atoms with Gasteiger partial charge in [0.2, 0.25) is 5.91 Å². The number of hydrogen-bond donors (Lipinski definition) is 1. The third kappa shape index (κ3) is 2.57. The van der Waals surface area contributed by atoms with Crippen LogP contribution in [0.3, 0.4) is 0 Å². The molecule has 5 heteroatoms. The smallest absolute Gasteiger partial charge is 0.227 e. The first-order valence-corrected chi connectivity index (χ1v) is 5.66. The van der Waals surface area contributed by atoms with Crippen molar-refractivity contribution in [2.75, 3.05) is 5.32 Å². The number of benzene rings is 1. The largest absolute Gasteiger partial charge is 0.323 e. The van der Waals surface area contributed by atoms with Gasteiger partial charge in [-0.1, -0.05) is 34.8 Å². The molecule has 2 rings (SSSR count). The predicted molar refractivity (Wildman–Crippen MR) is 62.8 cm³/mol. The van der Waals surface area contributed by atoms with E-state index in [-0.39, 0.29) is 11.8 Å². The molecule has 1 amide bonds. The van der Waals surface area contributed by atoms with Gasteiger partial charge < -0.3 is 5.32 Å². The molecule has 1 fully saturated rings. The number of carbonyl (C=O) groups excluding carboxylic acids is 1. The Bertz CT molecular complexity index is 392. The third-order valence-corrected chi connectivity index (χ3v) is 3.02. The predicted octanol–water partition coefficient (Wildman–Crippen LogP) is 4.00. The zero-order chi connectivity index (χ0) is 11.0. The molecule has 1 saturated carbocycles. The van der Waals surface area contributed by atoms with Gasteiger partial charge in [0.15, 0.2) is 0 Å². The zero-order valence-electron chi connectivity index (χ0n) is 7.69. The molecule has 0 atom stereocenters. The van der Waals surface area contributed by atoms with Gasteiger partial charge in [-0.2, -0.15) is 0 Å². The lowest BCUT2D eigenvalue weighted by atomic mass is 10.3. The summed E-state index contributed by atoms with van der Waals surface area (Å²) in [6.45, 7) is 0. The van der Waals surface area contributed by atoms with Gasteiger partial charge in [-0.15, -0.1) is 0 Å². The number of rotatable bonds is 2. The second kappa shape index (κ2) is 4.20. The minimum Gasteiger partial charge on any atom is -0.323 e. The van der Waals surface area contributed by atoms with Gasteiger partial charge in [0, 0.05) is 10.9 Å². The number of hydrogen-bond acceptors (Lipinski definition) is 1. The molecule has 0 unspecified atom stereocenters. The molecule has 1 aromatic rings. The van der Waals surface area contributed by atoms with Crippen molar-refractivity contribution in [2.45, 2.75) is 12.8 Å². The molecule has 80 valence electrons. The van der Waals surface area contributed by atoms with E-state index in [4.69, 9.17) is 34.8 Å². The fraction of sp³-hybridized carbons (Fsp3) is 0.300. The van der Waals surface area contributed by atoms with E-state index in [1.165, 1.54) is 0 Å². The van der Waals surface area contributed by atoms with Crippen molar-refractivity contribution in [1.82, 2.24) is 0 Å². The van der Waals surface area contributed by atoms with Crippen LogP contribution in [0, 0.1) is 5.92 Å². The van der Waals surface area contributed by atoms with Crippen LogP contribution in [-0.4, -0.2) is 5.91 Å². The lowest BCUT2D eigenvalue weighted by Gasteiger charge is -2.09. The molecule has 2 nitrogen and oxygen atoms in total. The molecular weight excluding hydrogens is 256 g/mol. The topological polar surface area (TPSA) is 29.1 Å². The summed E-state index contributed by atoms with van der Waals surface area (Å²) in [6.07, 6.45) is 1.88. The first-order chi connectivity index (χ1) is 7.08. The van der Waals surface area contributed by atoms with Crippen molar-refractivity contribution in [2.24, 2.45) is 5.92 Å². The molecule has 1 aliphatic carbocycles. The van der Waals surface area contributed by atoms with Gasteiger partial charge in [0.05, 0.1) is 15.7 Å². The van der Waals surface area contributed by atoms with E-state index in [2.05, 4.69) is 5.32 Å². The maximum absolute atomic E-state index is 11.5. The number of halogens is 3. The Hall–Kier alpha value is -0.440. The molecule has 0 spiro atoms. The first kappa shape index (κ1) is 11.1. The second-order valence-electron chi connectivity index (χ2n) is 3.51. The first-order valence-electron chi connectivity index (χ1n) is 4.53. The van der Waals surface area contributed by atoms with Crippen LogP contribution in [0.1, 0.15) is 12.8 Å². The summed E-state index contributed by atoms with van der Waals surface area (Å²) in [5.41, 5.74) is 0.444. The van der Waals surface area contributed by atoms with Crippen molar-refractivity contribution < 1.29 is 4.79 Å². The fourth-order valence-electron chi connectivity index (χ4n) is 1.23. The zero-order valence-corrected chi connectivity index (χ0v) is 9.96. The highest BCUT2D eigenvalue weighted by atomic mass is 35.5. The number of anilines is 1. The van der Waals surface area contributed by atoms with Crippen molar-refractivity contribution in [3.8, 4) is 0 Å². The molecule has 0 aliphatic heterocycles. The van der Waals surface area contributed by atoms with Gasteiger partial charge in [-0.05, 0) is 25.0 Å². The van der Waals surface area contributed by atoms with E-state index in [1.54, 1.807) is 12.1 Å². The number of nitrogens with one attached hydrogen (secondary N) is 1. The van der Waals surface area contributed by atoms with Crippen LogP contribution in [0.2, 0.25) is 15.1 Å². The minimum absolute atomic E-state index is 0.0267. The Morgan fingerprint density at radius 3 is 2.20 bits per heavy atom. The van der Waals surface area contributed by atoms with Gasteiger partial charge >= 0.3 is 0 Å². The molecule has 15 heavy (non-hydrogen) atoms. The summed E-state index contributed by atoms with van der Waals surface area (Å²) in [5, 5.41) is 3.88. The minimum atomic E-state index is -0.0267. The van der Waals surface area contributed by atoms with Gasteiger partial charge in [-0.3, -0.25) is 4.79 Å². The Balaban J connectivity index is 2.23. The summed E-state index contributed by atoms with van der Waals surface area (Å²) in [7, 11) is 0. The van der Waals surface area contributed by atoms with E-state index in [9.17, 15) is 4.79 Å². The molecule has 0 radical (unpaired) electrons. The highest BCUT2D eigenvalue weighted by Gasteiger charge is 2.30. The lowest BCUT2D eigenvalue weighted by Crippen LogP contribution is -2.13. The van der Waals surface area contributed by atoms with Crippen molar-refractivity contribution in [3.05, 3.63) is 27.2 Å². The normalized spacial score (nSPS) is 15.1. The van der Waals surface area contributed by atoms with Crippen molar-refractivity contribution in [3.63, 3.8) is 0 Å². The summed E-state index contributed by atoms with van der Waals surface area (Å²) in [6, 6.07) is 3.11. The summed E-state index contributed by atoms with van der Waals surface area (Å²) < 4.78 is 0. The second-order valence-corrected chi connectivity index (χ2v) is 4.76. The van der Waals surface area contributed by atoms with Crippen LogP contribution < -0.4 is 5.32 Å². The monoisotopic (exact) mass is 263 g/mol. The van der Waals surface area contributed by atoms with E-state index in [1.807, 2.05) is 0 Å². The van der Waals surface area contributed by atoms with Crippen molar-refractivity contribution in [1.29, 1.82) is 0 Å². The fourth-order valence-corrected chi connectivity index (χ4v) is 2.14. The summed E-state index contributed by atoms with van der Waals surface area (Å²) >= 11 is 17.6. The van der Waals surface area contributed by atoms with E-state index < -0.39 is 0 Å². The van der Waals surface area contributed by atoms with Crippen LogP contribution in [0.5, 0.6) is 0 Å². The standard InChI is InChI=1S/C10H8Cl3NO/c11-6-3-7(12)9(8(13)4-6)14-10(15)5-1-2-5/h3-5H,1-2H2,(H,14,15). The van der Waals surface area contributed by atoms with E-state index >= 15 is 0 Å². The average molecular weight is 265 g/mol. The highest BCUT2D eigenvalue weighted by molar-refractivity contribution is 6.42. The molecule has 0 bridgehead atoms. The van der Waals surface area contributed by atoms with Gasteiger partial charge in [0.1, 0.15) is 0 Å². The Kier molecular flexibility index (Phi) is 3.10. The van der Waals surface area contributed by atoms with Crippen LogP contribution in [0.15, 0.2) is 12.1 Å². The van der Waals surface area contributed by atoms with Crippen LogP contribution in [0.4, 0.5) is 5.69 Å². The average Bonchev–Trinajstić information content (AvgIpc) is 2.93. The molecular formula is C10H8Cl3NO. The number of carbonyl (C=O) groups is 1. The van der Waals surface area contributed by atoms with E-state index in [0.29, 0.717) is 20.8 Å². The third-order valence-electron chi connectivity index (χ3n) is 2.20. The molecule has 0 saturated heterocycles. The van der Waals surface area contributed by atoms with Gasteiger partial charge in [-0.25, -0.2) is 0 Å². The van der Waals surface area contributed by atoms with Gasteiger partial charge in [0.25, 0.3) is 0 Å². The SMILES string of the molecule is O=C(Nc1c(Cl)cc(Cl)cc1Cl)C1CC1. The Morgan fingerprint density at radius 1 is 1.20 bits per heavy atom. The number of amides is 1. The molecule has 1 aromatic carbocycles. The quantitative estimate of drug-likeness (QED) is 0.859. The molecule has 0 heterocycles. The maximum Gasteiger partial charge on any atom is 0.227 e. The van der Waals surface area contributed by atoms with Crippen LogP contribution in [-0.2, 0) is 4.79 Å². The lowest BCUT2D eigenvalue weighted by molar-refractivity contribution is -0.117. The van der Waals surface area contributed by atoms with Crippen LogP contribution >= 0.6 is 34.8 Å². The van der Waals surface area contributed by atoms with Crippen LogP contribution in [0.25, 0.3) is 0 Å².